The Kier molecular flexibility index (Phi) is 9.70. The number of thioether (sulfide) groups is 1. The van der Waals surface area contributed by atoms with Crippen molar-refractivity contribution in [1.82, 2.24) is 0 Å². The molecule has 0 saturated heterocycles. The van der Waals surface area contributed by atoms with E-state index in [9.17, 15) is 4.79 Å². The van der Waals surface area contributed by atoms with Crippen LogP contribution in [0.4, 0.5) is 0 Å². The Labute approximate surface area is 173 Å². The average Bonchev–Trinajstić information content (AvgIpc) is 2.74. The number of ether oxygens (including phenoxy) is 2. The van der Waals surface area contributed by atoms with E-state index >= 15 is 0 Å². The van der Waals surface area contributed by atoms with Gasteiger partial charge in [0.2, 0.25) is 0 Å². The maximum absolute atomic E-state index is 12.5. The minimum atomic E-state index is -0.00521. The van der Waals surface area contributed by atoms with Crippen molar-refractivity contribution >= 4 is 23.6 Å². The maximum Gasteiger partial charge on any atom is 0.185 e. The van der Waals surface area contributed by atoms with E-state index in [0.717, 1.165) is 42.1 Å². The highest BCUT2D eigenvalue weighted by Gasteiger charge is 2.07. The minimum Gasteiger partial charge on any atom is -0.490 e. The number of carbonyl (C=O) groups excluding carboxylic acids is 1. The molecule has 0 aliphatic rings. The van der Waals surface area contributed by atoms with E-state index in [-0.39, 0.29) is 5.78 Å². The quantitative estimate of drug-likeness (QED) is 0.227. The van der Waals surface area contributed by atoms with Crippen molar-refractivity contribution in [2.75, 3.05) is 19.0 Å². The van der Waals surface area contributed by atoms with Crippen LogP contribution in [-0.4, -0.2) is 24.7 Å². The summed E-state index contributed by atoms with van der Waals surface area (Å²) in [6, 6.07) is 13.6. The lowest BCUT2D eigenvalue weighted by molar-refractivity contribution is 0.104. The van der Waals surface area contributed by atoms with E-state index in [1.165, 1.54) is 4.90 Å². The fourth-order valence-electron chi connectivity index (χ4n) is 2.49. The Morgan fingerprint density at radius 2 is 1.57 bits per heavy atom. The van der Waals surface area contributed by atoms with Crippen molar-refractivity contribution in [2.24, 2.45) is 0 Å². The third-order valence-corrected chi connectivity index (χ3v) is 5.15. The molecule has 0 amide bonds. The Bertz CT molecular complexity index is 766. The molecule has 2 aromatic carbocycles. The summed E-state index contributed by atoms with van der Waals surface area (Å²) in [4.78, 5) is 13.7. The molecular weight excluding hydrogens is 368 g/mol. The van der Waals surface area contributed by atoms with E-state index < -0.39 is 0 Å². The van der Waals surface area contributed by atoms with Gasteiger partial charge in [-0.2, -0.15) is 0 Å². The van der Waals surface area contributed by atoms with E-state index in [0.29, 0.717) is 18.8 Å². The van der Waals surface area contributed by atoms with Crippen LogP contribution in [0.3, 0.4) is 0 Å². The molecule has 0 saturated carbocycles. The van der Waals surface area contributed by atoms with Gasteiger partial charge in [0.15, 0.2) is 17.3 Å². The summed E-state index contributed by atoms with van der Waals surface area (Å²) in [6.07, 6.45) is 6.45. The second-order valence-corrected chi connectivity index (χ2v) is 7.64. The van der Waals surface area contributed by atoms with Gasteiger partial charge in [-0.15, -0.1) is 11.8 Å². The fraction of sp³-hybridized carbons (Fsp3) is 0.375. The number of ketones is 1. The summed E-state index contributed by atoms with van der Waals surface area (Å²) in [6.45, 7) is 7.60. The molecule has 28 heavy (non-hydrogen) atoms. The highest BCUT2D eigenvalue weighted by molar-refractivity contribution is 7.99. The number of allylic oxidation sites excluding steroid dienone is 1. The van der Waals surface area contributed by atoms with Crippen LogP contribution in [0.1, 0.15) is 56.0 Å². The number of benzene rings is 2. The molecule has 3 nitrogen and oxygen atoms in total. The van der Waals surface area contributed by atoms with Gasteiger partial charge in [0.1, 0.15) is 0 Å². The number of carbonyl (C=O) groups is 1. The summed E-state index contributed by atoms with van der Waals surface area (Å²) >= 11 is 1.81. The lowest BCUT2D eigenvalue weighted by Crippen LogP contribution is -2.01. The van der Waals surface area contributed by atoms with Crippen molar-refractivity contribution in [2.45, 2.75) is 44.9 Å². The van der Waals surface area contributed by atoms with Gasteiger partial charge in [-0.1, -0.05) is 32.9 Å². The van der Waals surface area contributed by atoms with Crippen LogP contribution < -0.4 is 9.47 Å². The second-order valence-electron chi connectivity index (χ2n) is 6.47. The van der Waals surface area contributed by atoms with Crippen molar-refractivity contribution in [3.05, 3.63) is 59.7 Å². The molecule has 0 unspecified atom stereocenters. The van der Waals surface area contributed by atoms with E-state index in [1.54, 1.807) is 6.08 Å². The van der Waals surface area contributed by atoms with Crippen molar-refractivity contribution in [3.8, 4) is 11.5 Å². The topological polar surface area (TPSA) is 35.5 Å². The largest absolute Gasteiger partial charge is 0.490 e. The van der Waals surface area contributed by atoms with Crippen molar-refractivity contribution in [3.63, 3.8) is 0 Å². The van der Waals surface area contributed by atoms with Gasteiger partial charge in [-0.3, -0.25) is 4.79 Å². The molecule has 0 radical (unpaired) electrons. The number of rotatable bonds is 12. The molecule has 0 spiro atoms. The molecule has 0 aromatic heterocycles. The summed E-state index contributed by atoms with van der Waals surface area (Å²) in [7, 11) is 0. The van der Waals surface area contributed by atoms with Gasteiger partial charge in [0.05, 0.1) is 13.2 Å². The summed E-state index contributed by atoms with van der Waals surface area (Å²) in [5.74, 6) is 2.56. The lowest BCUT2D eigenvalue weighted by atomic mass is 10.1. The normalized spacial score (nSPS) is 11.0. The molecule has 0 fully saturated rings. The van der Waals surface area contributed by atoms with Gasteiger partial charge in [-0.05, 0) is 73.1 Å². The lowest BCUT2D eigenvalue weighted by Gasteiger charge is -2.12. The maximum atomic E-state index is 12.5. The van der Waals surface area contributed by atoms with Gasteiger partial charge in [0.25, 0.3) is 0 Å². The summed E-state index contributed by atoms with van der Waals surface area (Å²) in [5, 5.41) is 0. The van der Waals surface area contributed by atoms with Crippen LogP contribution in [0.25, 0.3) is 6.08 Å². The summed E-state index contributed by atoms with van der Waals surface area (Å²) < 4.78 is 11.6. The van der Waals surface area contributed by atoms with Crippen LogP contribution in [-0.2, 0) is 0 Å². The van der Waals surface area contributed by atoms with E-state index in [4.69, 9.17) is 9.47 Å². The van der Waals surface area contributed by atoms with Gasteiger partial charge in [-0.25, -0.2) is 0 Å². The van der Waals surface area contributed by atoms with Crippen LogP contribution >= 0.6 is 11.8 Å². The molecular formula is C24H30O3S. The Balaban J connectivity index is 2.07. The fourth-order valence-corrected chi connectivity index (χ4v) is 3.26. The molecule has 0 bridgehead atoms. The molecule has 2 aromatic rings. The Hall–Kier alpha value is -2.20. The third kappa shape index (κ3) is 7.08. The predicted octanol–water partition coefficient (Wildman–Crippen LogP) is 6.66. The molecule has 0 aliphatic heterocycles. The predicted molar refractivity (Wildman–Crippen MR) is 119 cm³/mol. The number of hydrogen-bond acceptors (Lipinski definition) is 4. The first kappa shape index (κ1) is 22.1. The molecule has 150 valence electrons. The zero-order chi connectivity index (χ0) is 20.2. The van der Waals surface area contributed by atoms with Gasteiger partial charge >= 0.3 is 0 Å². The van der Waals surface area contributed by atoms with Crippen molar-refractivity contribution < 1.29 is 14.3 Å². The zero-order valence-corrected chi connectivity index (χ0v) is 17.9. The molecule has 0 N–H and O–H groups in total. The SMILES string of the molecule is CCCOc1ccc(C=CC(=O)c2ccc(SCCC)cc2)cc1OCCC. The monoisotopic (exact) mass is 398 g/mol. The van der Waals surface area contributed by atoms with Crippen LogP contribution in [0.5, 0.6) is 11.5 Å². The van der Waals surface area contributed by atoms with Crippen LogP contribution in [0.15, 0.2) is 53.4 Å². The van der Waals surface area contributed by atoms with Gasteiger partial charge in [0, 0.05) is 10.5 Å². The Morgan fingerprint density at radius 3 is 2.21 bits per heavy atom. The van der Waals surface area contributed by atoms with Gasteiger partial charge < -0.3 is 9.47 Å². The summed E-state index contributed by atoms with van der Waals surface area (Å²) in [5.41, 5.74) is 1.61. The Morgan fingerprint density at radius 1 is 0.893 bits per heavy atom. The highest BCUT2D eigenvalue weighted by Crippen LogP contribution is 2.29. The molecule has 0 heterocycles. The van der Waals surface area contributed by atoms with E-state index in [1.807, 2.05) is 60.3 Å². The minimum absolute atomic E-state index is 0.00521. The first-order valence-electron chi connectivity index (χ1n) is 10.0. The van der Waals surface area contributed by atoms with Crippen LogP contribution in [0.2, 0.25) is 0 Å². The number of hydrogen-bond donors (Lipinski definition) is 0. The highest BCUT2D eigenvalue weighted by atomic mass is 32.2. The first-order valence-corrected chi connectivity index (χ1v) is 11.0. The molecule has 0 aliphatic carbocycles. The van der Waals surface area contributed by atoms with Crippen LogP contribution in [0, 0.1) is 0 Å². The molecule has 2 rings (SSSR count). The first-order chi connectivity index (χ1) is 13.7. The molecule has 4 heteroatoms. The van der Waals surface area contributed by atoms with Crippen molar-refractivity contribution in [1.29, 1.82) is 0 Å². The zero-order valence-electron chi connectivity index (χ0n) is 17.1. The van der Waals surface area contributed by atoms with E-state index in [2.05, 4.69) is 20.8 Å². The second kappa shape index (κ2) is 12.3. The smallest absolute Gasteiger partial charge is 0.185 e. The third-order valence-electron chi connectivity index (χ3n) is 3.93. The molecule has 0 atom stereocenters. The average molecular weight is 399 g/mol. The standard InChI is InChI=1S/C24H30O3S/c1-4-15-26-23-14-8-19(18-24(23)27-16-5-2)7-13-22(25)20-9-11-21(12-10-20)28-17-6-3/h7-14,18H,4-6,15-17H2,1-3H3.